The predicted octanol–water partition coefficient (Wildman–Crippen LogP) is 1.36. The number of nitriles is 1. The molecule has 0 aliphatic carbocycles. The quantitative estimate of drug-likeness (QED) is 0.616. The van der Waals surface area contributed by atoms with Crippen molar-refractivity contribution in [1.29, 1.82) is 5.26 Å². The second-order valence-corrected chi connectivity index (χ2v) is 4.10. The number of tetrazole rings is 1. The number of hydrogen-bond donors (Lipinski definition) is 3. The lowest BCUT2D eigenvalue weighted by Crippen LogP contribution is -1.92. The maximum absolute atomic E-state index is 9.05. The van der Waals surface area contributed by atoms with Crippen LogP contribution in [0.25, 0.3) is 16.6 Å². The van der Waals surface area contributed by atoms with Crippen LogP contribution in [0.3, 0.4) is 0 Å². The summed E-state index contributed by atoms with van der Waals surface area (Å²) in [6.45, 7) is 1.90. The zero-order valence-electron chi connectivity index (χ0n) is 10.5. The number of benzene rings is 1. The van der Waals surface area contributed by atoms with E-state index in [0.29, 0.717) is 5.57 Å². The summed E-state index contributed by atoms with van der Waals surface area (Å²) in [6.07, 6.45) is 1.54. The van der Waals surface area contributed by atoms with Crippen LogP contribution in [0.1, 0.15) is 11.6 Å². The molecule has 2 heterocycles. The third-order valence-corrected chi connectivity index (χ3v) is 2.69. The van der Waals surface area contributed by atoms with Crippen LogP contribution in [-0.2, 0) is 0 Å². The highest BCUT2D eigenvalue weighted by atomic mass is 15.5. The smallest absolute Gasteiger partial charge is 0.216 e. The van der Waals surface area contributed by atoms with Gasteiger partial charge in [0.15, 0.2) is 0 Å². The number of imidazole rings is 1. The van der Waals surface area contributed by atoms with Crippen molar-refractivity contribution >= 4 is 22.3 Å². The van der Waals surface area contributed by atoms with Gasteiger partial charge in [-0.3, -0.25) is 0 Å². The zero-order chi connectivity index (χ0) is 13.9. The molecule has 8 heteroatoms. The Balaban J connectivity index is 1.87. The first-order chi connectivity index (χ1) is 9.76. The molecule has 1 aromatic carbocycles. The topological polar surface area (TPSA) is 119 Å². The Kier molecular flexibility index (Phi) is 2.85. The molecule has 3 aromatic rings. The number of aromatic amines is 2. The van der Waals surface area contributed by atoms with Gasteiger partial charge < -0.3 is 10.3 Å². The first-order valence-corrected chi connectivity index (χ1v) is 5.83. The van der Waals surface area contributed by atoms with Gasteiger partial charge in [-0.05, 0) is 30.3 Å². The first-order valence-electron chi connectivity index (χ1n) is 5.83. The van der Waals surface area contributed by atoms with Gasteiger partial charge in [-0.15, -0.1) is 10.2 Å². The third kappa shape index (κ3) is 2.20. The van der Waals surface area contributed by atoms with E-state index >= 15 is 0 Å². The standard InChI is InChI=1S/C12H10N8/c1-7-15-10-3-2-9(4-11(10)16-7)14-6-8(5-13)12-17-19-20-18-12/h2-4,6,14H,1H3,(H,15,16)(H,17,18,19,20). The fraction of sp³-hybridized carbons (Fsp3) is 0.0833. The number of allylic oxidation sites excluding steroid dienone is 1. The highest BCUT2D eigenvalue weighted by molar-refractivity contribution is 5.80. The Morgan fingerprint density at radius 3 is 3.10 bits per heavy atom. The monoisotopic (exact) mass is 266 g/mol. The average molecular weight is 266 g/mol. The van der Waals surface area contributed by atoms with Crippen molar-refractivity contribution in [2.24, 2.45) is 0 Å². The van der Waals surface area contributed by atoms with Gasteiger partial charge in [-0.25, -0.2) is 4.98 Å². The highest BCUT2D eigenvalue weighted by Gasteiger charge is 2.05. The molecule has 0 fully saturated rings. The van der Waals surface area contributed by atoms with E-state index in [0.717, 1.165) is 22.5 Å². The minimum Gasteiger partial charge on any atom is -0.360 e. The number of rotatable bonds is 3. The molecule has 3 rings (SSSR count). The summed E-state index contributed by atoms with van der Waals surface area (Å²) < 4.78 is 0. The molecule has 0 atom stereocenters. The molecule has 0 saturated carbocycles. The molecule has 3 N–H and O–H groups in total. The Labute approximate surface area is 113 Å². The molecular weight excluding hydrogens is 256 g/mol. The van der Waals surface area contributed by atoms with Crippen LogP contribution >= 0.6 is 0 Å². The summed E-state index contributed by atoms with van der Waals surface area (Å²) in [5.41, 5.74) is 2.95. The number of nitrogens with zero attached hydrogens (tertiary/aromatic N) is 5. The number of hydrogen-bond acceptors (Lipinski definition) is 6. The van der Waals surface area contributed by atoms with Crippen LogP contribution in [0.15, 0.2) is 24.4 Å². The van der Waals surface area contributed by atoms with Crippen molar-refractivity contribution in [1.82, 2.24) is 30.6 Å². The van der Waals surface area contributed by atoms with E-state index in [-0.39, 0.29) is 5.82 Å². The highest BCUT2D eigenvalue weighted by Crippen LogP contribution is 2.17. The number of nitrogens with one attached hydrogen (secondary N) is 3. The molecule has 0 spiro atoms. The van der Waals surface area contributed by atoms with E-state index in [1.54, 1.807) is 0 Å². The average Bonchev–Trinajstić information content (AvgIpc) is 3.07. The summed E-state index contributed by atoms with van der Waals surface area (Å²) in [4.78, 5) is 7.47. The molecule has 98 valence electrons. The number of aromatic nitrogens is 6. The molecule has 0 radical (unpaired) electrons. The van der Waals surface area contributed by atoms with Crippen molar-refractivity contribution in [2.45, 2.75) is 6.92 Å². The zero-order valence-corrected chi connectivity index (χ0v) is 10.5. The Morgan fingerprint density at radius 1 is 1.45 bits per heavy atom. The summed E-state index contributed by atoms with van der Waals surface area (Å²) >= 11 is 0. The summed E-state index contributed by atoms with van der Waals surface area (Å²) in [5.74, 6) is 1.11. The van der Waals surface area contributed by atoms with E-state index in [2.05, 4.69) is 35.9 Å². The van der Waals surface area contributed by atoms with Crippen LogP contribution in [0.5, 0.6) is 0 Å². The summed E-state index contributed by atoms with van der Waals surface area (Å²) in [6, 6.07) is 7.70. The largest absolute Gasteiger partial charge is 0.360 e. The minimum absolute atomic E-state index is 0.249. The predicted molar refractivity (Wildman–Crippen MR) is 72.2 cm³/mol. The van der Waals surface area contributed by atoms with E-state index < -0.39 is 0 Å². The molecule has 0 aliphatic heterocycles. The van der Waals surface area contributed by atoms with Crippen LogP contribution in [0, 0.1) is 18.3 Å². The van der Waals surface area contributed by atoms with Crippen LogP contribution in [0.4, 0.5) is 5.69 Å². The number of H-pyrrole nitrogens is 2. The van der Waals surface area contributed by atoms with Gasteiger partial charge in [0.05, 0.1) is 11.0 Å². The van der Waals surface area contributed by atoms with Crippen molar-refractivity contribution in [3.8, 4) is 6.07 Å². The first kappa shape index (κ1) is 11.9. The van der Waals surface area contributed by atoms with E-state index in [1.807, 2.05) is 31.2 Å². The molecular formula is C12H10N8. The van der Waals surface area contributed by atoms with Crippen molar-refractivity contribution < 1.29 is 0 Å². The van der Waals surface area contributed by atoms with Crippen molar-refractivity contribution in [3.63, 3.8) is 0 Å². The maximum atomic E-state index is 9.05. The van der Waals surface area contributed by atoms with E-state index in [1.165, 1.54) is 6.20 Å². The van der Waals surface area contributed by atoms with Crippen molar-refractivity contribution in [3.05, 3.63) is 36.0 Å². The molecule has 20 heavy (non-hydrogen) atoms. The second kappa shape index (κ2) is 4.81. The van der Waals surface area contributed by atoms with Crippen LogP contribution in [-0.4, -0.2) is 30.6 Å². The molecule has 0 aliphatic rings. The fourth-order valence-corrected chi connectivity index (χ4v) is 1.81. The van der Waals surface area contributed by atoms with Gasteiger partial charge in [0.2, 0.25) is 5.82 Å². The molecule has 0 amide bonds. The Hall–Kier alpha value is -3.21. The molecule has 0 saturated heterocycles. The van der Waals surface area contributed by atoms with Gasteiger partial charge in [-0.2, -0.15) is 10.5 Å². The number of anilines is 1. The molecule has 0 unspecified atom stereocenters. The summed E-state index contributed by atoms with van der Waals surface area (Å²) in [7, 11) is 0. The lowest BCUT2D eigenvalue weighted by atomic mass is 10.2. The van der Waals surface area contributed by atoms with Gasteiger partial charge in [0.25, 0.3) is 0 Å². The Morgan fingerprint density at radius 2 is 2.35 bits per heavy atom. The molecule has 8 nitrogen and oxygen atoms in total. The van der Waals surface area contributed by atoms with E-state index in [9.17, 15) is 0 Å². The van der Waals surface area contributed by atoms with Gasteiger partial charge in [0.1, 0.15) is 17.5 Å². The fourth-order valence-electron chi connectivity index (χ4n) is 1.81. The number of fused-ring (bicyclic) bond motifs is 1. The van der Waals surface area contributed by atoms with Crippen LogP contribution < -0.4 is 5.32 Å². The maximum Gasteiger partial charge on any atom is 0.216 e. The van der Waals surface area contributed by atoms with Crippen molar-refractivity contribution in [2.75, 3.05) is 5.32 Å². The van der Waals surface area contributed by atoms with Crippen LogP contribution in [0.2, 0.25) is 0 Å². The lowest BCUT2D eigenvalue weighted by Gasteiger charge is -2.00. The van der Waals surface area contributed by atoms with Gasteiger partial charge in [0, 0.05) is 11.9 Å². The lowest BCUT2D eigenvalue weighted by molar-refractivity contribution is 0.881. The normalized spacial score (nSPS) is 11.5. The van der Waals surface area contributed by atoms with E-state index in [4.69, 9.17) is 5.26 Å². The van der Waals surface area contributed by atoms with Gasteiger partial charge >= 0.3 is 0 Å². The third-order valence-electron chi connectivity index (χ3n) is 2.69. The minimum atomic E-state index is 0.249. The molecule has 2 aromatic heterocycles. The summed E-state index contributed by atoms with van der Waals surface area (Å²) in [5, 5.41) is 25.3. The Bertz CT molecular complexity index is 806. The SMILES string of the molecule is Cc1nc2ccc(NC=C(C#N)c3nn[nH]n3)cc2[nH]1. The molecule has 0 bridgehead atoms. The second-order valence-electron chi connectivity index (χ2n) is 4.10. The number of aryl methyl sites for hydroxylation is 1. The van der Waals surface area contributed by atoms with Gasteiger partial charge in [-0.1, -0.05) is 0 Å².